The van der Waals surface area contributed by atoms with Crippen molar-refractivity contribution in [3.8, 4) is 0 Å². The average molecular weight is 236 g/mol. The molecule has 0 N–H and O–H groups in total. The second-order valence-electron chi connectivity index (χ2n) is 3.42. The van der Waals surface area contributed by atoms with E-state index in [9.17, 15) is 0 Å². The van der Waals surface area contributed by atoms with Crippen LogP contribution in [0.1, 0.15) is 41.9 Å². The van der Waals surface area contributed by atoms with Gasteiger partial charge in [-0.1, -0.05) is 26.2 Å². The molecule has 0 aromatic heterocycles. The second-order valence-corrected chi connectivity index (χ2v) is 3.42. The normalized spacial score (nSPS) is 15.7. The van der Waals surface area contributed by atoms with E-state index in [0.717, 1.165) is 12.8 Å². The summed E-state index contributed by atoms with van der Waals surface area (Å²) in [5.74, 6) is 0. The van der Waals surface area contributed by atoms with Gasteiger partial charge in [-0.2, -0.15) is 12.2 Å². The molecular weight excluding hydrogens is 216 g/mol. The van der Waals surface area contributed by atoms with Gasteiger partial charge in [-0.25, -0.2) is 23.8 Å². The van der Waals surface area contributed by atoms with Crippen LogP contribution in [-0.4, -0.2) is 0 Å². The molecule has 0 saturated heterocycles. The van der Waals surface area contributed by atoms with E-state index < -0.39 is 0 Å². The molecule has 82 valence electrons. The summed E-state index contributed by atoms with van der Waals surface area (Å²) >= 11 is 0. The van der Waals surface area contributed by atoms with E-state index in [1.54, 1.807) is 0 Å². The van der Waals surface area contributed by atoms with Crippen molar-refractivity contribution in [1.29, 1.82) is 0 Å². The molecule has 0 aromatic carbocycles. The quantitative estimate of drug-likeness (QED) is 0.503. The molecule has 0 amide bonds. The van der Waals surface area contributed by atoms with Gasteiger partial charge in [0.05, 0.1) is 0 Å². The first-order valence-corrected chi connectivity index (χ1v) is 5.41. The maximum Gasteiger partial charge on any atom is 2.00 e. The van der Waals surface area contributed by atoms with Crippen LogP contribution in [0.15, 0.2) is 36.0 Å². The van der Waals surface area contributed by atoms with E-state index in [2.05, 4.69) is 37.3 Å². The Morgan fingerprint density at radius 1 is 1.33 bits per heavy atom. The molecule has 0 fully saturated rings. The maximum absolute atomic E-state index is 3.30. The number of hydrogen-bond acceptors (Lipinski definition) is 0. The zero-order valence-electron chi connectivity index (χ0n) is 11.4. The SMILES string of the molecule is CCCCC1=[C-]CC=C1.[C-]1=CC=CC1.[H-].[H-].[Ti+2]. The Labute approximate surface area is 112 Å². The Balaban J connectivity index is -0.000000216. The first-order valence-electron chi connectivity index (χ1n) is 5.41. The van der Waals surface area contributed by atoms with E-state index >= 15 is 0 Å². The molecule has 2 aliphatic rings. The molecule has 0 nitrogen and oxygen atoms in total. The van der Waals surface area contributed by atoms with Crippen molar-refractivity contribution in [2.75, 3.05) is 0 Å². The molecule has 0 heterocycles. The fraction of sp³-hybridized carbons (Fsp3) is 0.429. The predicted molar refractivity (Wildman–Crippen MR) is 63.8 cm³/mol. The third kappa shape index (κ3) is 7.59. The topological polar surface area (TPSA) is 0 Å². The van der Waals surface area contributed by atoms with Crippen LogP contribution < -0.4 is 0 Å². The van der Waals surface area contributed by atoms with E-state index in [0.29, 0.717) is 0 Å². The molecule has 0 bridgehead atoms. The first kappa shape index (κ1) is 14.7. The minimum absolute atomic E-state index is 0. The van der Waals surface area contributed by atoms with Crippen molar-refractivity contribution in [2.24, 2.45) is 0 Å². The van der Waals surface area contributed by atoms with Crippen molar-refractivity contribution in [1.82, 2.24) is 0 Å². The monoisotopic (exact) mass is 236 g/mol. The van der Waals surface area contributed by atoms with Crippen molar-refractivity contribution < 1.29 is 24.6 Å². The molecular formula is C14H20Ti-2. The van der Waals surface area contributed by atoms with Gasteiger partial charge in [0.15, 0.2) is 0 Å². The first-order chi connectivity index (χ1) is 6.93. The Bertz CT molecular complexity index is 255. The van der Waals surface area contributed by atoms with E-state index in [-0.39, 0.29) is 24.6 Å². The van der Waals surface area contributed by atoms with Gasteiger partial charge in [0.1, 0.15) is 0 Å². The fourth-order valence-corrected chi connectivity index (χ4v) is 1.33. The zero-order chi connectivity index (χ0) is 10.1. The van der Waals surface area contributed by atoms with Crippen molar-refractivity contribution in [2.45, 2.75) is 39.0 Å². The van der Waals surface area contributed by atoms with Crippen LogP contribution in [0.25, 0.3) is 0 Å². The van der Waals surface area contributed by atoms with E-state index in [1.807, 2.05) is 12.2 Å². The van der Waals surface area contributed by atoms with Gasteiger partial charge < -0.3 is 2.85 Å². The van der Waals surface area contributed by atoms with Gasteiger partial charge in [-0.3, -0.25) is 12.2 Å². The third-order valence-electron chi connectivity index (χ3n) is 2.15. The smallest absolute Gasteiger partial charge is 1.00 e. The van der Waals surface area contributed by atoms with E-state index in [4.69, 9.17) is 0 Å². The van der Waals surface area contributed by atoms with Crippen LogP contribution >= 0.6 is 0 Å². The molecule has 0 unspecified atom stereocenters. The van der Waals surface area contributed by atoms with Gasteiger partial charge in [0.2, 0.25) is 0 Å². The summed E-state index contributed by atoms with van der Waals surface area (Å²) in [7, 11) is 0. The molecule has 15 heavy (non-hydrogen) atoms. The van der Waals surface area contributed by atoms with Crippen LogP contribution in [0.3, 0.4) is 0 Å². The molecule has 2 rings (SSSR count). The van der Waals surface area contributed by atoms with Crippen LogP contribution in [0.5, 0.6) is 0 Å². The number of allylic oxidation sites excluding steroid dienone is 8. The summed E-state index contributed by atoms with van der Waals surface area (Å²) in [6, 6.07) is 0. The summed E-state index contributed by atoms with van der Waals surface area (Å²) in [6.07, 6.45) is 22.5. The number of rotatable bonds is 3. The minimum Gasteiger partial charge on any atom is -1.00 e. The predicted octanol–water partition coefficient (Wildman–Crippen LogP) is 4.39. The Morgan fingerprint density at radius 2 is 2.20 bits per heavy atom. The van der Waals surface area contributed by atoms with Crippen molar-refractivity contribution in [3.05, 3.63) is 48.1 Å². The molecule has 2 aliphatic carbocycles. The summed E-state index contributed by atoms with van der Waals surface area (Å²) in [5.41, 5.74) is 1.41. The van der Waals surface area contributed by atoms with E-state index in [1.165, 1.54) is 24.8 Å². The second kappa shape index (κ2) is 10.2. The van der Waals surface area contributed by atoms with Gasteiger partial charge in [0.25, 0.3) is 0 Å². The molecule has 0 saturated carbocycles. The Morgan fingerprint density at radius 3 is 2.60 bits per heavy atom. The van der Waals surface area contributed by atoms with Crippen LogP contribution in [0.2, 0.25) is 0 Å². The van der Waals surface area contributed by atoms with Gasteiger partial charge in [0, 0.05) is 0 Å². The molecule has 0 aliphatic heterocycles. The summed E-state index contributed by atoms with van der Waals surface area (Å²) in [4.78, 5) is 0. The van der Waals surface area contributed by atoms with Crippen LogP contribution in [0.4, 0.5) is 0 Å². The standard InChI is InChI=1S/C9H13.C5H5.Ti.2H/c1-2-3-6-9-7-4-5-8-9;1-2-4-5-3-1;;;/h4,7H,2-3,5-6H2,1H3;1-3H,4H2;;;/q2*-1;+2;2*-1. The average Bonchev–Trinajstić information content (AvgIpc) is 2.90. The molecule has 0 radical (unpaired) electrons. The van der Waals surface area contributed by atoms with Crippen molar-refractivity contribution >= 4 is 0 Å². The molecule has 0 aromatic rings. The van der Waals surface area contributed by atoms with Gasteiger partial charge in [-0.15, -0.1) is 12.8 Å². The molecule has 0 spiro atoms. The van der Waals surface area contributed by atoms with Crippen LogP contribution in [0, 0.1) is 12.2 Å². The summed E-state index contributed by atoms with van der Waals surface area (Å²) in [5, 5.41) is 0. The minimum atomic E-state index is 0. The Hall–Kier alpha value is -0.326. The largest absolute Gasteiger partial charge is 2.00 e. The third-order valence-corrected chi connectivity index (χ3v) is 2.15. The van der Waals surface area contributed by atoms with Crippen molar-refractivity contribution in [3.63, 3.8) is 0 Å². The number of unbranched alkanes of at least 4 members (excludes halogenated alkanes) is 1. The molecule has 0 atom stereocenters. The van der Waals surface area contributed by atoms with Crippen LogP contribution in [-0.2, 0) is 21.7 Å². The summed E-state index contributed by atoms with van der Waals surface area (Å²) < 4.78 is 0. The summed E-state index contributed by atoms with van der Waals surface area (Å²) in [6.45, 7) is 2.22. The van der Waals surface area contributed by atoms with Gasteiger partial charge >= 0.3 is 21.7 Å². The number of hydrogen-bond donors (Lipinski definition) is 0. The zero-order valence-corrected chi connectivity index (χ0v) is 11.0. The maximum atomic E-state index is 3.30. The fourth-order valence-electron chi connectivity index (χ4n) is 1.33. The molecule has 1 heteroatoms. The Kier molecular flexibility index (Phi) is 9.98. The van der Waals surface area contributed by atoms with Gasteiger partial charge in [-0.05, 0) is 0 Å².